The van der Waals surface area contributed by atoms with Gasteiger partial charge in [-0.2, -0.15) is 4.39 Å². The molecule has 23 heavy (non-hydrogen) atoms. The van der Waals surface area contributed by atoms with Crippen LogP contribution in [0.15, 0.2) is 48.5 Å². The van der Waals surface area contributed by atoms with Crippen LogP contribution in [0.25, 0.3) is 0 Å². The van der Waals surface area contributed by atoms with Gasteiger partial charge in [-0.1, -0.05) is 24.3 Å². The highest BCUT2D eigenvalue weighted by Crippen LogP contribution is 2.23. The van der Waals surface area contributed by atoms with Crippen molar-refractivity contribution in [2.24, 2.45) is 0 Å². The molecule has 8 heteroatoms. The Morgan fingerprint density at radius 2 is 1.39 bits per heavy atom. The maximum Gasteiger partial charge on any atom is 0.304 e. The molecule has 0 saturated heterocycles. The summed E-state index contributed by atoms with van der Waals surface area (Å²) < 4.78 is 12.4. The molecule has 0 atom stereocenters. The van der Waals surface area contributed by atoms with E-state index in [4.69, 9.17) is 0 Å². The molecule has 122 valence electrons. The molecule has 0 aliphatic carbocycles. The SMILES string of the molecule is CC(C)Nc1ccccc1[N+](=O)[O-].O=[N+]([O-])c1ccccc1F. The Morgan fingerprint density at radius 3 is 1.83 bits per heavy atom. The van der Waals surface area contributed by atoms with E-state index in [0.717, 1.165) is 12.1 Å². The smallest absolute Gasteiger partial charge is 0.304 e. The molecule has 0 aliphatic rings. The van der Waals surface area contributed by atoms with E-state index in [1.165, 1.54) is 18.2 Å². The molecule has 2 aromatic rings. The molecule has 0 aromatic heterocycles. The number of anilines is 1. The van der Waals surface area contributed by atoms with Gasteiger partial charge in [-0.3, -0.25) is 20.2 Å². The summed E-state index contributed by atoms with van der Waals surface area (Å²) in [4.78, 5) is 19.4. The van der Waals surface area contributed by atoms with Crippen LogP contribution in [-0.2, 0) is 0 Å². The van der Waals surface area contributed by atoms with E-state index < -0.39 is 16.4 Å². The fourth-order valence-electron chi connectivity index (χ4n) is 1.67. The molecule has 0 amide bonds. The van der Waals surface area contributed by atoms with E-state index in [1.807, 2.05) is 13.8 Å². The van der Waals surface area contributed by atoms with Crippen molar-refractivity contribution in [3.8, 4) is 0 Å². The first-order chi connectivity index (χ1) is 10.8. The second-order valence-corrected chi connectivity index (χ2v) is 4.78. The zero-order chi connectivity index (χ0) is 17.4. The first kappa shape index (κ1) is 18.0. The molecule has 2 rings (SSSR count). The maximum absolute atomic E-state index is 12.4. The summed E-state index contributed by atoms with van der Waals surface area (Å²) >= 11 is 0. The largest absolute Gasteiger partial charge is 0.377 e. The Balaban J connectivity index is 0.000000238. The second-order valence-electron chi connectivity index (χ2n) is 4.78. The number of nitro benzene ring substituents is 2. The highest BCUT2D eigenvalue weighted by Gasteiger charge is 2.12. The summed E-state index contributed by atoms with van der Waals surface area (Å²) in [5.74, 6) is -0.799. The molecule has 0 bridgehead atoms. The third-order valence-corrected chi connectivity index (χ3v) is 2.59. The number of rotatable bonds is 4. The van der Waals surface area contributed by atoms with Crippen molar-refractivity contribution in [2.75, 3.05) is 5.32 Å². The normalized spacial score (nSPS) is 9.74. The third-order valence-electron chi connectivity index (χ3n) is 2.59. The minimum atomic E-state index is -0.799. The van der Waals surface area contributed by atoms with Gasteiger partial charge in [0.2, 0.25) is 5.82 Å². The van der Waals surface area contributed by atoms with Crippen LogP contribution in [0.2, 0.25) is 0 Å². The summed E-state index contributed by atoms with van der Waals surface area (Å²) in [5.41, 5.74) is 0.209. The van der Waals surface area contributed by atoms with E-state index in [-0.39, 0.29) is 16.7 Å². The Morgan fingerprint density at radius 1 is 0.913 bits per heavy atom. The van der Waals surface area contributed by atoms with Crippen LogP contribution in [0.4, 0.5) is 21.5 Å². The van der Waals surface area contributed by atoms with Crippen LogP contribution in [0.3, 0.4) is 0 Å². The van der Waals surface area contributed by atoms with Crippen LogP contribution in [0.1, 0.15) is 13.8 Å². The number of halogens is 1. The molecule has 1 N–H and O–H groups in total. The highest BCUT2D eigenvalue weighted by atomic mass is 19.1. The zero-order valence-corrected chi connectivity index (χ0v) is 12.6. The number of nitro groups is 2. The summed E-state index contributed by atoms with van der Waals surface area (Å²) in [5, 5.41) is 23.6. The first-order valence-electron chi connectivity index (χ1n) is 6.71. The first-order valence-corrected chi connectivity index (χ1v) is 6.71. The lowest BCUT2D eigenvalue weighted by atomic mass is 10.2. The van der Waals surface area contributed by atoms with E-state index in [1.54, 1.807) is 18.2 Å². The van der Waals surface area contributed by atoms with Crippen molar-refractivity contribution in [2.45, 2.75) is 19.9 Å². The van der Waals surface area contributed by atoms with Crippen LogP contribution in [0.5, 0.6) is 0 Å². The predicted octanol–water partition coefficient (Wildman–Crippen LogP) is 4.15. The minimum Gasteiger partial charge on any atom is -0.377 e. The fourth-order valence-corrected chi connectivity index (χ4v) is 1.67. The summed E-state index contributed by atoms with van der Waals surface area (Å²) in [7, 11) is 0. The van der Waals surface area contributed by atoms with Crippen molar-refractivity contribution in [3.05, 3.63) is 74.6 Å². The predicted molar refractivity (Wildman–Crippen MR) is 84.9 cm³/mol. The lowest BCUT2D eigenvalue weighted by molar-refractivity contribution is -0.387. The standard InChI is InChI=1S/C9H12N2O2.C6H4FNO2/c1-7(2)10-8-5-3-4-6-9(8)11(12)13;7-5-3-1-2-4-6(5)8(9)10/h3-7,10H,1-2H3;1-4H. The van der Waals surface area contributed by atoms with Gasteiger partial charge in [-0.25, -0.2) is 0 Å². The maximum atomic E-state index is 12.4. The van der Waals surface area contributed by atoms with Crippen molar-refractivity contribution in [1.29, 1.82) is 0 Å². The van der Waals surface area contributed by atoms with Gasteiger partial charge in [0.15, 0.2) is 0 Å². The monoisotopic (exact) mass is 321 g/mol. The number of hydrogen-bond acceptors (Lipinski definition) is 5. The molecular weight excluding hydrogens is 305 g/mol. The molecule has 0 radical (unpaired) electrons. The van der Waals surface area contributed by atoms with Gasteiger partial charge in [0.25, 0.3) is 5.69 Å². The molecule has 0 aliphatic heterocycles. The highest BCUT2D eigenvalue weighted by molar-refractivity contribution is 5.61. The van der Waals surface area contributed by atoms with Crippen LogP contribution < -0.4 is 5.32 Å². The van der Waals surface area contributed by atoms with Crippen molar-refractivity contribution < 1.29 is 14.2 Å². The second kappa shape index (κ2) is 8.42. The Hall–Kier alpha value is -3.03. The Labute approximate surface area is 132 Å². The van der Waals surface area contributed by atoms with Crippen LogP contribution in [0, 0.1) is 26.0 Å². The van der Waals surface area contributed by atoms with Crippen molar-refractivity contribution >= 4 is 17.1 Å². The lowest BCUT2D eigenvalue weighted by Gasteiger charge is -2.09. The van der Waals surface area contributed by atoms with Gasteiger partial charge < -0.3 is 5.32 Å². The molecule has 0 fully saturated rings. The van der Waals surface area contributed by atoms with E-state index in [9.17, 15) is 24.6 Å². The topological polar surface area (TPSA) is 98.3 Å². The average molecular weight is 321 g/mol. The Bertz CT molecular complexity index is 692. The van der Waals surface area contributed by atoms with Crippen molar-refractivity contribution in [3.63, 3.8) is 0 Å². The van der Waals surface area contributed by atoms with Gasteiger partial charge in [-0.05, 0) is 26.0 Å². The lowest BCUT2D eigenvalue weighted by Crippen LogP contribution is -2.10. The number of hydrogen-bond donors (Lipinski definition) is 1. The van der Waals surface area contributed by atoms with Gasteiger partial charge >= 0.3 is 5.69 Å². The number of nitrogens with zero attached hydrogens (tertiary/aromatic N) is 2. The van der Waals surface area contributed by atoms with E-state index in [0.29, 0.717) is 5.69 Å². The summed E-state index contributed by atoms with van der Waals surface area (Å²) in [6.07, 6.45) is 0. The number of para-hydroxylation sites is 3. The zero-order valence-electron chi connectivity index (χ0n) is 12.6. The fraction of sp³-hybridized carbons (Fsp3) is 0.200. The van der Waals surface area contributed by atoms with Gasteiger partial charge in [0.1, 0.15) is 5.69 Å². The van der Waals surface area contributed by atoms with E-state index in [2.05, 4.69) is 5.32 Å². The van der Waals surface area contributed by atoms with E-state index >= 15 is 0 Å². The molecule has 2 aromatic carbocycles. The summed E-state index contributed by atoms with van der Waals surface area (Å²) in [6.45, 7) is 3.88. The molecule has 0 unspecified atom stereocenters. The van der Waals surface area contributed by atoms with Gasteiger partial charge in [0.05, 0.1) is 9.85 Å². The average Bonchev–Trinajstić information content (AvgIpc) is 2.47. The molecule has 0 saturated carbocycles. The number of benzene rings is 2. The molecule has 0 spiro atoms. The van der Waals surface area contributed by atoms with Gasteiger partial charge in [0, 0.05) is 18.2 Å². The third kappa shape index (κ3) is 5.70. The van der Waals surface area contributed by atoms with Crippen LogP contribution in [-0.4, -0.2) is 15.9 Å². The van der Waals surface area contributed by atoms with Crippen molar-refractivity contribution in [1.82, 2.24) is 0 Å². The van der Waals surface area contributed by atoms with Gasteiger partial charge in [-0.15, -0.1) is 0 Å². The minimum absolute atomic E-state index is 0.121. The molecule has 7 nitrogen and oxygen atoms in total. The Kier molecular flexibility index (Phi) is 6.60. The quantitative estimate of drug-likeness (QED) is 0.673. The molecular formula is C15H16FN3O4. The molecule has 0 heterocycles. The number of nitrogens with one attached hydrogen (secondary N) is 1. The van der Waals surface area contributed by atoms with Crippen LogP contribution >= 0.6 is 0 Å². The summed E-state index contributed by atoms with van der Waals surface area (Å²) in [6, 6.07) is 11.8.